The maximum Gasteiger partial charge on any atom is 0.217 e. The number of aromatic nitrogens is 3. The van der Waals surface area contributed by atoms with Crippen LogP contribution in [-0.2, 0) is 6.61 Å². The summed E-state index contributed by atoms with van der Waals surface area (Å²) in [5, 5.41) is 8.73. The van der Waals surface area contributed by atoms with Gasteiger partial charge >= 0.3 is 0 Å². The molecule has 1 aromatic carbocycles. The summed E-state index contributed by atoms with van der Waals surface area (Å²) in [6.07, 6.45) is 4.88. The van der Waals surface area contributed by atoms with Crippen LogP contribution in [0, 0.1) is 17.1 Å². The van der Waals surface area contributed by atoms with Crippen LogP contribution in [0.2, 0.25) is 0 Å². The van der Waals surface area contributed by atoms with E-state index in [2.05, 4.69) is 15.0 Å². The van der Waals surface area contributed by atoms with E-state index in [1.165, 1.54) is 12.1 Å². The van der Waals surface area contributed by atoms with Gasteiger partial charge < -0.3 is 4.74 Å². The first kappa shape index (κ1) is 14.6. The molecular formula is C17H11FN4O. The molecule has 0 amide bonds. The highest BCUT2D eigenvalue weighted by molar-refractivity contribution is 5.53. The van der Waals surface area contributed by atoms with E-state index in [0.717, 1.165) is 5.56 Å². The van der Waals surface area contributed by atoms with Gasteiger partial charge in [-0.15, -0.1) is 0 Å². The lowest BCUT2D eigenvalue weighted by atomic mass is 10.1. The molecule has 0 saturated carbocycles. The second-order valence-corrected chi connectivity index (χ2v) is 4.66. The summed E-state index contributed by atoms with van der Waals surface area (Å²) in [7, 11) is 0. The quantitative estimate of drug-likeness (QED) is 0.740. The van der Waals surface area contributed by atoms with Crippen molar-refractivity contribution in [2.75, 3.05) is 0 Å². The molecule has 0 atom stereocenters. The summed E-state index contributed by atoms with van der Waals surface area (Å²) in [4.78, 5) is 12.4. The average molecular weight is 306 g/mol. The molecule has 6 heteroatoms. The molecule has 0 saturated heterocycles. The van der Waals surface area contributed by atoms with Crippen molar-refractivity contribution in [1.29, 1.82) is 5.26 Å². The van der Waals surface area contributed by atoms with Crippen LogP contribution in [0.5, 0.6) is 5.88 Å². The molecule has 2 aromatic heterocycles. The zero-order valence-corrected chi connectivity index (χ0v) is 12.0. The largest absolute Gasteiger partial charge is 0.473 e. The Morgan fingerprint density at radius 3 is 2.65 bits per heavy atom. The third-order valence-corrected chi connectivity index (χ3v) is 3.13. The Hall–Kier alpha value is -3.33. The zero-order chi connectivity index (χ0) is 16.1. The predicted molar refractivity (Wildman–Crippen MR) is 80.7 cm³/mol. The second-order valence-electron chi connectivity index (χ2n) is 4.66. The topological polar surface area (TPSA) is 71.7 Å². The van der Waals surface area contributed by atoms with Gasteiger partial charge in [-0.05, 0) is 24.3 Å². The van der Waals surface area contributed by atoms with Crippen LogP contribution in [0.15, 0.2) is 55.0 Å². The van der Waals surface area contributed by atoms with Gasteiger partial charge in [0.1, 0.15) is 12.4 Å². The number of rotatable bonds is 4. The minimum absolute atomic E-state index is 0.0182. The molecule has 0 aliphatic rings. The molecule has 0 aliphatic heterocycles. The van der Waals surface area contributed by atoms with Crippen molar-refractivity contribution in [3.63, 3.8) is 0 Å². The second kappa shape index (κ2) is 6.62. The SMILES string of the molecule is N#Cc1ccc(COc2ccnc(-c3ccncc3)n2)c(F)c1. The Kier molecular flexibility index (Phi) is 4.20. The highest BCUT2D eigenvalue weighted by atomic mass is 19.1. The van der Waals surface area contributed by atoms with Crippen molar-refractivity contribution in [3.05, 3.63) is 71.9 Å². The monoisotopic (exact) mass is 306 g/mol. The Balaban J connectivity index is 1.75. The number of pyridine rings is 1. The fourth-order valence-electron chi connectivity index (χ4n) is 1.95. The fourth-order valence-corrected chi connectivity index (χ4v) is 1.95. The van der Waals surface area contributed by atoms with Crippen molar-refractivity contribution in [2.45, 2.75) is 6.61 Å². The maximum absolute atomic E-state index is 13.8. The van der Waals surface area contributed by atoms with Crippen molar-refractivity contribution >= 4 is 0 Å². The summed E-state index contributed by atoms with van der Waals surface area (Å²) >= 11 is 0. The molecule has 0 unspecified atom stereocenters. The number of ether oxygens (including phenoxy) is 1. The Labute approximate surface area is 132 Å². The number of nitrogens with zero attached hydrogens (tertiary/aromatic N) is 4. The fraction of sp³-hybridized carbons (Fsp3) is 0.0588. The third kappa shape index (κ3) is 3.47. The molecule has 5 nitrogen and oxygen atoms in total. The lowest BCUT2D eigenvalue weighted by Gasteiger charge is -2.07. The van der Waals surface area contributed by atoms with E-state index in [1.807, 2.05) is 6.07 Å². The zero-order valence-electron chi connectivity index (χ0n) is 12.0. The van der Waals surface area contributed by atoms with Crippen LogP contribution in [0.25, 0.3) is 11.4 Å². The van der Waals surface area contributed by atoms with Crippen LogP contribution >= 0.6 is 0 Å². The molecular weight excluding hydrogens is 295 g/mol. The van der Waals surface area contributed by atoms with E-state index in [-0.39, 0.29) is 12.2 Å². The van der Waals surface area contributed by atoms with E-state index in [1.54, 1.807) is 42.9 Å². The van der Waals surface area contributed by atoms with Gasteiger partial charge in [-0.3, -0.25) is 4.98 Å². The molecule has 0 N–H and O–H groups in total. The van der Waals surface area contributed by atoms with Crippen molar-refractivity contribution in [1.82, 2.24) is 15.0 Å². The van der Waals surface area contributed by atoms with Gasteiger partial charge in [0, 0.05) is 35.8 Å². The van der Waals surface area contributed by atoms with Gasteiger partial charge in [-0.1, -0.05) is 6.07 Å². The standard InChI is InChI=1S/C17H11FN4O/c18-15-9-12(10-19)1-2-14(15)11-23-16-5-8-21-17(22-16)13-3-6-20-7-4-13/h1-9H,11H2. The van der Waals surface area contributed by atoms with Gasteiger partial charge in [0.2, 0.25) is 5.88 Å². The number of hydrogen-bond donors (Lipinski definition) is 0. The molecule has 3 aromatic rings. The minimum atomic E-state index is -0.479. The summed E-state index contributed by atoms with van der Waals surface area (Å²) < 4.78 is 19.3. The van der Waals surface area contributed by atoms with E-state index < -0.39 is 5.82 Å². The van der Waals surface area contributed by atoms with Crippen LogP contribution in [-0.4, -0.2) is 15.0 Å². The van der Waals surface area contributed by atoms with Gasteiger partial charge in [-0.2, -0.15) is 10.2 Å². The van der Waals surface area contributed by atoms with Crippen molar-refractivity contribution in [3.8, 4) is 23.3 Å². The molecule has 3 rings (SSSR count). The third-order valence-electron chi connectivity index (χ3n) is 3.13. The first-order valence-corrected chi connectivity index (χ1v) is 6.81. The molecule has 0 radical (unpaired) electrons. The Morgan fingerprint density at radius 2 is 1.91 bits per heavy atom. The molecule has 0 fully saturated rings. The first-order valence-electron chi connectivity index (χ1n) is 6.81. The van der Waals surface area contributed by atoms with Crippen LogP contribution in [0.4, 0.5) is 4.39 Å². The van der Waals surface area contributed by atoms with Crippen LogP contribution < -0.4 is 4.74 Å². The van der Waals surface area contributed by atoms with Crippen molar-refractivity contribution < 1.29 is 9.13 Å². The van der Waals surface area contributed by atoms with Gasteiger partial charge in [0.25, 0.3) is 0 Å². The summed E-state index contributed by atoms with van der Waals surface area (Å²) in [5.41, 5.74) is 1.44. The number of nitriles is 1. The molecule has 0 bridgehead atoms. The first-order chi connectivity index (χ1) is 11.3. The van der Waals surface area contributed by atoms with Gasteiger partial charge in [0.15, 0.2) is 5.82 Å². The minimum Gasteiger partial charge on any atom is -0.473 e. The normalized spacial score (nSPS) is 10.1. The van der Waals surface area contributed by atoms with E-state index in [9.17, 15) is 4.39 Å². The maximum atomic E-state index is 13.8. The van der Waals surface area contributed by atoms with E-state index in [4.69, 9.17) is 10.00 Å². The van der Waals surface area contributed by atoms with Gasteiger partial charge in [-0.25, -0.2) is 9.37 Å². The molecule has 0 aliphatic carbocycles. The lowest BCUT2D eigenvalue weighted by molar-refractivity contribution is 0.288. The van der Waals surface area contributed by atoms with Gasteiger partial charge in [0.05, 0.1) is 11.6 Å². The lowest BCUT2D eigenvalue weighted by Crippen LogP contribution is -2.01. The van der Waals surface area contributed by atoms with Crippen LogP contribution in [0.1, 0.15) is 11.1 Å². The molecule has 23 heavy (non-hydrogen) atoms. The predicted octanol–water partition coefficient (Wildman–Crippen LogP) is 3.13. The van der Waals surface area contributed by atoms with Crippen molar-refractivity contribution in [2.24, 2.45) is 0 Å². The Bertz CT molecular complexity index is 862. The number of halogens is 1. The summed E-state index contributed by atoms with van der Waals surface area (Å²) in [6, 6.07) is 11.3. The average Bonchev–Trinajstić information content (AvgIpc) is 2.61. The van der Waals surface area contributed by atoms with E-state index in [0.29, 0.717) is 17.3 Å². The smallest absolute Gasteiger partial charge is 0.217 e. The van der Waals surface area contributed by atoms with Crippen LogP contribution in [0.3, 0.4) is 0 Å². The molecule has 2 heterocycles. The molecule has 0 spiro atoms. The highest BCUT2D eigenvalue weighted by Gasteiger charge is 2.07. The molecule has 112 valence electrons. The van der Waals surface area contributed by atoms with E-state index >= 15 is 0 Å². The summed E-state index contributed by atoms with van der Waals surface area (Å²) in [6.45, 7) is 0.0182. The highest BCUT2D eigenvalue weighted by Crippen LogP contribution is 2.18. The Morgan fingerprint density at radius 1 is 1.09 bits per heavy atom. The number of hydrogen-bond acceptors (Lipinski definition) is 5. The summed E-state index contributed by atoms with van der Waals surface area (Å²) in [5.74, 6) is 0.369. The number of benzene rings is 1.